The lowest BCUT2D eigenvalue weighted by molar-refractivity contribution is -0.131. The first kappa shape index (κ1) is 24.5. The molecule has 2 atom stereocenters. The van der Waals surface area contributed by atoms with Crippen molar-refractivity contribution < 1.29 is 28.0 Å². The zero-order valence-corrected chi connectivity index (χ0v) is 19.1. The normalized spacial score (nSPS) is 17.0. The maximum atomic E-state index is 14.0. The summed E-state index contributed by atoms with van der Waals surface area (Å²) >= 11 is 0. The van der Waals surface area contributed by atoms with E-state index in [1.54, 1.807) is 24.3 Å². The summed E-state index contributed by atoms with van der Waals surface area (Å²) in [5.41, 5.74) is 1.01. The van der Waals surface area contributed by atoms with Crippen LogP contribution in [0.15, 0.2) is 42.5 Å². The number of likely N-dealkylation sites (tertiary alicyclic amines) is 1. The van der Waals surface area contributed by atoms with E-state index < -0.39 is 35.4 Å². The maximum absolute atomic E-state index is 14.0. The van der Waals surface area contributed by atoms with E-state index in [2.05, 4.69) is 10.3 Å². The van der Waals surface area contributed by atoms with Gasteiger partial charge in [-0.2, -0.15) is 5.26 Å². The lowest BCUT2D eigenvalue weighted by Gasteiger charge is -2.23. The smallest absolute Gasteiger partial charge is 0.270 e. The van der Waals surface area contributed by atoms with E-state index in [4.69, 9.17) is 0 Å². The molecule has 1 aliphatic rings. The summed E-state index contributed by atoms with van der Waals surface area (Å²) in [6, 6.07) is 10.4. The van der Waals surface area contributed by atoms with E-state index >= 15 is 0 Å². The molecule has 1 fully saturated rings. The number of nitriles is 1. The molecule has 2 N–H and O–H groups in total. The highest BCUT2D eigenvalue weighted by Gasteiger charge is 2.39. The van der Waals surface area contributed by atoms with Gasteiger partial charge in [0.2, 0.25) is 11.8 Å². The monoisotopic (exact) mass is 493 g/mol. The van der Waals surface area contributed by atoms with Crippen LogP contribution >= 0.6 is 0 Å². The van der Waals surface area contributed by atoms with Crippen LogP contribution in [0, 0.1) is 28.9 Å². The van der Waals surface area contributed by atoms with Gasteiger partial charge in [-0.1, -0.05) is 0 Å². The number of carbonyl (C=O) groups is 4. The fraction of sp³-hybridized carbons (Fsp3) is 0.240. The minimum Gasteiger partial charge on any atom is -0.350 e. The Morgan fingerprint density at radius 1 is 1.22 bits per heavy atom. The molecule has 2 heterocycles. The number of amides is 3. The number of nitrogens with one attached hydrogen (secondary N) is 2. The Morgan fingerprint density at radius 3 is 2.61 bits per heavy atom. The van der Waals surface area contributed by atoms with Crippen LogP contribution in [0.1, 0.15) is 27.3 Å². The molecule has 1 saturated heterocycles. The van der Waals surface area contributed by atoms with E-state index in [1.807, 2.05) is 6.07 Å². The summed E-state index contributed by atoms with van der Waals surface area (Å²) in [4.78, 5) is 54.2. The quantitative estimate of drug-likeness (QED) is 0.511. The standard InChI is InChI=1S/C25H21F2N5O4/c1-31(25(36)22-9-19-20(27)7-16(26)8-21(19)30-22)12-23(34)32-11-15(6-18(32)10-28)24(35)29-17-4-2-14(13-33)3-5-17/h2-5,7-9,13,15,18,30H,6,11-12H2,1H3,(H,29,35). The molecule has 3 amide bonds. The summed E-state index contributed by atoms with van der Waals surface area (Å²) in [6.07, 6.45) is 0.812. The molecule has 3 aromatic rings. The first-order valence-corrected chi connectivity index (χ1v) is 11.0. The Labute approximate surface area is 204 Å². The third-order valence-electron chi connectivity index (χ3n) is 6.06. The minimum atomic E-state index is -0.848. The number of benzene rings is 2. The zero-order chi connectivity index (χ0) is 26.0. The number of aromatic amines is 1. The number of fused-ring (bicyclic) bond motifs is 1. The van der Waals surface area contributed by atoms with Crippen LogP contribution in [0.2, 0.25) is 0 Å². The van der Waals surface area contributed by atoms with Gasteiger partial charge >= 0.3 is 0 Å². The summed E-state index contributed by atoms with van der Waals surface area (Å²) < 4.78 is 27.4. The third kappa shape index (κ3) is 4.93. The number of nitrogens with zero attached hydrogens (tertiary/aromatic N) is 3. The summed E-state index contributed by atoms with van der Waals surface area (Å²) in [5, 5.41) is 12.3. The average Bonchev–Trinajstić information content (AvgIpc) is 3.49. The predicted octanol–water partition coefficient (Wildman–Crippen LogP) is 2.71. The number of aldehydes is 1. The molecule has 0 radical (unpaired) electrons. The summed E-state index contributed by atoms with van der Waals surface area (Å²) in [6.45, 7) is -0.390. The number of halogens is 2. The van der Waals surface area contributed by atoms with E-state index in [0.717, 1.165) is 11.0 Å². The molecule has 0 aliphatic carbocycles. The number of rotatable bonds is 6. The molecular weight excluding hydrogens is 472 g/mol. The number of hydrogen-bond donors (Lipinski definition) is 2. The van der Waals surface area contributed by atoms with Gasteiger partial charge in [0.1, 0.15) is 29.7 Å². The van der Waals surface area contributed by atoms with Gasteiger partial charge in [0.25, 0.3) is 5.91 Å². The zero-order valence-electron chi connectivity index (χ0n) is 19.1. The summed E-state index contributed by atoms with van der Waals surface area (Å²) in [7, 11) is 1.37. The van der Waals surface area contributed by atoms with Crippen molar-refractivity contribution in [1.29, 1.82) is 5.26 Å². The number of carbonyl (C=O) groups excluding carboxylic acids is 4. The van der Waals surface area contributed by atoms with Crippen LogP contribution in [-0.2, 0) is 9.59 Å². The van der Waals surface area contributed by atoms with E-state index in [0.29, 0.717) is 23.6 Å². The van der Waals surface area contributed by atoms with Crippen LogP contribution in [0.4, 0.5) is 14.5 Å². The first-order chi connectivity index (χ1) is 17.2. The molecule has 0 bridgehead atoms. The minimum absolute atomic E-state index is 0.00573. The van der Waals surface area contributed by atoms with E-state index in [1.165, 1.54) is 18.0 Å². The van der Waals surface area contributed by atoms with Crippen molar-refractivity contribution in [1.82, 2.24) is 14.8 Å². The van der Waals surface area contributed by atoms with Crippen molar-refractivity contribution in [2.24, 2.45) is 5.92 Å². The van der Waals surface area contributed by atoms with Gasteiger partial charge in [0.15, 0.2) is 0 Å². The molecule has 0 spiro atoms. The molecule has 4 rings (SSSR count). The van der Waals surface area contributed by atoms with Crippen LogP contribution < -0.4 is 5.32 Å². The Morgan fingerprint density at radius 2 is 1.94 bits per heavy atom. The van der Waals surface area contributed by atoms with Crippen LogP contribution in [0.3, 0.4) is 0 Å². The second-order valence-electron chi connectivity index (χ2n) is 8.55. The molecule has 1 aromatic heterocycles. The number of H-pyrrole nitrogens is 1. The second-order valence-corrected chi connectivity index (χ2v) is 8.55. The fourth-order valence-corrected chi connectivity index (χ4v) is 4.16. The highest BCUT2D eigenvalue weighted by atomic mass is 19.1. The van der Waals surface area contributed by atoms with Crippen molar-refractivity contribution in [3.8, 4) is 6.07 Å². The fourth-order valence-electron chi connectivity index (χ4n) is 4.16. The number of likely N-dealkylation sites (N-methyl/N-ethyl adjacent to an activating group) is 1. The van der Waals surface area contributed by atoms with Gasteiger partial charge in [-0.25, -0.2) is 8.78 Å². The van der Waals surface area contributed by atoms with Gasteiger partial charge in [-0.3, -0.25) is 19.2 Å². The van der Waals surface area contributed by atoms with Gasteiger partial charge in [0, 0.05) is 36.3 Å². The average molecular weight is 493 g/mol. The van der Waals surface area contributed by atoms with Crippen molar-refractivity contribution in [2.45, 2.75) is 12.5 Å². The van der Waals surface area contributed by atoms with Gasteiger partial charge in [0.05, 0.1) is 24.0 Å². The highest BCUT2D eigenvalue weighted by Crippen LogP contribution is 2.25. The van der Waals surface area contributed by atoms with Gasteiger partial charge in [-0.15, -0.1) is 0 Å². The molecule has 9 nitrogen and oxygen atoms in total. The van der Waals surface area contributed by atoms with Crippen molar-refractivity contribution in [3.63, 3.8) is 0 Å². The third-order valence-corrected chi connectivity index (χ3v) is 6.06. The molecule has 2 aromatic carbocycles. The Kier molecular flexibility index (Phi) is 6.78. The summed E-state index contributed by atoms with van der Waals surface area (Å²) in [5.74, 6) is -3.79. The number of aromatic nitrogens is 1. The molecule has 0 saturated carbocycles. The molecule has 184 valence electrons. The Bertz CT molecular complexity index is 1400. The molecule has 36 heavy (non-hydrogen) atoms. The Balaban J connectivity index is 1.40. The lowest BCUT2D eigenvalue weighted by atomic mass is 10.1. The number of hydrogen-bond acceptors (Lipinski definition) is 5. The van der Waals surface area contributed by atoms with Crippen LogP contribution in [-0.4, -0.2) is 65.0 Å². The van der Waals surface area contributed by atoms with Crippen molar-refractivity contribution >= 4 is 40.6 Å². The highest BCUT2D eigenvalue weighted by molar-refractivity contribution is 6.00. The topological polar surface area (TPSA) is 126 Å². The molecule has 11 heteroatoms. The van der Waals surface area contributed by atoms with Crippen LogP contribution in [0.5, 0.6) is 0 Å². The van der Waals surface area contributed by atoms with Gasteiger partial charge < -0.3 is 20.1 Å². The van der Waals surface area contributed by atoms with Gasteiger partial charge in [-0.05, 0) is 42.8 Å². The lowest BCUT2D eigenvalue weighted by Crippen LogP contribution is -2.43. The van der Waals surface area contributed by atoms with Crippen LogP contribution in [0.25, 0.3) is 10.9 Å². The second kappa shape index (κ2) is 9.95. The van der Waals surface area contributed by atoms with E-state index in [-0.39, 0.29) is 42.0 Å². The largest absolute Gasteiger partial charge is 0.350 e. The maximum Gasteiger partial charge on any atom is 0.270 e. The van der Waals surface area contributed by atoms with Crippen molar-refractivity contribution in [3.05, 3.63) is 65.4 Å². The number of anilines is 1. The van der Waals surface area contributed by atoms with E-state index in [9.17, 15) is 33.2 Å². The molecule has 2 unspecified atom stereocenters. The first-order valence-electron chi connectivity index (χ1n) is 11.0. The Hall–Kier alpha value is -4.59. The SMILES string of the molecule is CN(CC(=O)N1CC(C(=O)Nc2ccc(C=O)cc2)CC1C#N)C(=O)c1cc2c(F)cc(F)cc2[nH]1. The predicted molar refractivity (Wildman–Crippen MR) is 125 cm³/mol. The van der Waals surface area contributed by atoms with Crippen molar-refractivity contribution in [2.75, 3.05) is 25.5 Å². The molecule has 1 aliphatic heterocycles. The molecular formula is C25H21F2N5O4.